The molecule has 16 heavy (non-hydrogen) atoms. The molecule has 0 saturated heterocycles. The summed E-state index contributed by atoms with van der Waals surface area (Å²) in [5.41, 5.74) is 0.0712. The highest BCUT2D eigenvalue weighted by molar-refractivity contribution is 6.64. The number of hydrogen-bond acceptors (Lipinski definition) is 3. The Hall–Kier alpha value is -0.840. The molecule has 0 N–H and O–H groups in total. The van der Waals surface area contributed by atoms with Crippen molar-refractivity contribution in [3.63, 3.8) is 0 Å². The molecule has 1 atom stereocenters. The summed E-state index contributed by atoms with van der Waals surface area (Å²) in [6.45, 7) is 1.52. The maximum absolute atomic E-state index is 11.0. The molecule has 86 valence electrons. The first-order chi connectivity index (χ1) is 7.34. The van der Waals surface area contributed by atoms with E-state index in [1.54, 1.807) is 0 Å². The molecular formula is C9H6Cl3NO3. The Morgan fingerprint density at radius 3 is 2.12 bits per heavy atom. The summed E-state index contributed by atoms with van der Waals surface area (Å²) in [4.78, 5) is 20.9. The molecule has 0 spiro atoms. The molecular weight excluding hydrogens is 276 g/mol. The van der Waals surface area contributed by atoms with Crippen molar-refractivity contribution in [1.82, 2.24) is 0 Å². The standard InChI is InChI=1S/C9H6Cl3NO3/c1-4(9(12)14)8-6(10)2-5(13(15)16)3-7(8)11/h2-4H,1H3. The van der Waals surface area contributed by atoms with Gasteiger partial charge in [-0.3, -0.25) is 14.9 Å². The second-order valence-electron chi connectivity index (χ2n) is 3.11. The van der Waals surface area contributed by atoms with Gasteiger partial charge in [0.05, 0.1) is 20.9 Å². The number of nitro groups is 1. The number of carbonyl (C=O) groups is 1. The molecule has 0 aromatic heterocycles. The van der Waals surface area contributed by atoms with E-state index in [4.69, 9.17) is 34.8 Å². The Balaban J connectivity index is 3.33. The second-order valence-corrected chi connectivity index (χ2v) is 4.29. The highest BCUT2D eigenvalue weighted by atomic mass is 35.5. The van der Waals surface area contributed by atoms with Crippen molar-refractivity contribution >= 4 is 45.7 Å². The molecule has 1 rings (SSSR count). The van der Waals surface area contributed by atoms with Gasteiger partial charge in [0.15, 0.2) is 0 Å². The third kappa shape index (κ3) is 2.64. The topological polar surface area (TPSA) is 60.2 Å². The van der Waals surface area contributed by atoms with Gasteiger partial charge in [-0.1, -0.05) is 30.1 Å². The second kappa shape index (κ2) is 4.99. The van der Waals surface area contributed by atoms with Gasteiger partial charge in [-0.05, 0) is 11.6 Å². The summed E-state index contributed by atoms with van der Waals surface area (Å²) >= 11 is 17.0. The molecule has 1 aromatic rings. The van der Waals surface area contributed by atoms with Crippen LogP contribution >= 0.6 is 34.8 Å². The molecule has 7 heteroatoms. The van der Waals surface area contributed by atoms with Crippen LogP contribution < -0.4 is 0 Å². The Labute approximate surface area is 106 Å². The fourth-order valence-electron chi connectivity index (χ4n) is 1.20. The van der Waals surface area contributed by atoms with Crippen LogP contribution in [-0.4, -0.2) is 10.2 Å². The summed E-state index contributed by atoms with van der Waals surface area (Å²) in [5.74, 6) is -0.706. The molecule has 0 aliphatic heterocycles. The zero-order valence-corrected chi connectivity index (χ0v) is 10.3. The van der Waals surface area contributed by atoms with Crippen LogP contribution in [0.3, 0.4) is 0 Å². The molecule has 0 aliphatic rings. The van der Waals surface area contributed by atoms with E-state index in [0.29, 0.717) is 5.56 Å². The van der Waals surface area contributed by atoms with E-state index in [0.717, 1.165) is 12.1 Å². The predicted octanol–water partition coefficient (Wildman–Crippen LogP) is 3.77. The van der Waals surface area contributed by atoms with Crippen LogP contribution in [0.2, 0.25) is 10.0 Å². The van der Waals surface area contributed by atoms with Gasteiger partial charge in [-0.15, -0.1) is 0 Å². The van der Waals surface area contributed by atoms with Gasteiger partial charge in [0.1, 0.15) is 0 Å². The molecule has 0 fully saturated rings. The fraction of sp³-hybridized carbons (Fsp3) is 0.222. The van der Waals surface area contributed by atoms with Crippen molar-refractivity contribution < 1.29 is 9.72 Å². The van der Waals surface area contributed by atoms with Crippen molar-refractivity contribution in [2.75, 3.05) is 0 Å². The molecule has 0 radical (unpaired) electrons. The van der Waals surface area contributed by atoms with E-state index in [1.807, 2.05) is 0 Å². The fourth-order valence-corrected chi connectivity index (χ4v) is 2.12. The number of benzene rings is 1. The zero-order valence-electron chi connectivity index (χ0n) is 8.04. The molecule has 1 aromatic carbocycles. The average molecular weight is 283 g/mol. The van der Waals surface area contributed by atoms with Gasteiger partial charge in [-0.2, -0.15) is 0 Å². The van der Waals surface area contributed by atoms with Crippen molar-refractivity contribution in [2.24, 2.45) is 0 Å². The van der Waals surface area contributed by atoms with Gasteiger partial charge >= 0.3 is 0 Å². The average Bonchev–Trinajstić information content (AvgIpc) is 2.15. The number of nitrogens with zero attached hydrogens (tertiary/aromatic N) is 1. The maximum atomic E-state index is 11.0. The largest absolute Gasteiger partial charge is 0.281 e. The number of carbonyl (C=O) groups excluding carboxylic acids is 1. The molecule has 0 heterocycles. The third-order valence-electron chi connectivity index (χ3n) is 2.05. The van der Waals surface area contributed by atoms with Crippen LogP contribution in [0.1, 0.15) is 18.4 Å². The lowest BCUT2D eigenvalue weighted by Crippen LogP contribution is -2.04. The van der Waals surface area contributed by atoms with Gasteiger partial charge in [0, 0.05) is 17.7 Å². The number of halogens is 3. The summed E-state index contributed by atoms with van der Waals surface area (Å²) in [6.07, 6.45) is 0. The first kappa shape index (κ1) is 13.2. The number of nitro benzene ring substituents is 1. The van der Waals surface area contributed by atoms with Crippen LogP contribution in [-0.2, 0) is 4.79 Å². The third-order valence-corrected chi connectivity index (χ3v) is 3.00. The number of hydrogen-bond donors (Lipinski definition) is 0. The quantitative estimate of drug-likeness (QED) is 0.481. The normalized spacial score (nSPS) is 12.2. The van der Waals surface area contributed by atoms with Gasteiger partial charge in [0.25, 0.3) is 5.69 Å². The van der Waals surface area contributed by atoms with Crippen LogP contribution in [0, 0.1) is 10.1 Å². The maximum Gasteiger partial charge on any atom is 0.272 e. The van der Waals surface area contributed by atoms with Crippen LogP contribution in [0.4, 0.5) is 5.69 Å². The van der Waals surface area contributed by atoms with E-state index in [1.165, 1.54) is 6.92 Å². The van der Waals surface area contributed by atoms with Crippen LogP contribution in [0.15, 0.2) is 12.1 Å². The highest BCUT2D eigenvalue weighted by Gasteiger charge is 2.22. The van der Waals surface area contributed by atoms with Crippen molar-refractivity contribution in [1.29, 1.82) is 0 Å². The first-order valence-electron chi connectivity index (χ1n) is 4.17. The van der Waals surface area contributed by atoms with E-state index in [-0.39, 0.29) is 15.7 Å². The molecule has 0 bridgehead atoms. The van der Waals surface area contributed by atoms with Gasteiger partial charge in [0.2, 0.25) is 5.24 Å². The van der Waals surface area contributed by atoms with Gasteiger partial charge < -0.3 is 0 Å². The minimum absolute atomic E-state index is 0.0562. The van der Waals surface area contributed by atoms with Crippen molar-refractivity contribution in [3.05, 3.63) is 37.9 Å². The Morgan fingerprint density at radius 1 is 1.38 bits per heavy atom. The van der Waals surface area contributed by atoms with Gasteiger partial charge in [-0.25, -0.2) is 0 Å². The van der Waals surface area contributed by atoms with Crippen molar-refractivity contribution in [2.45, 2.75) is 12.8 Å². The Kier molecular flexibility index (Phi) is 4.13. The highest BCUT2D eigenvalue weighted by Crippen LogP contribution is 2.36. The minimum atomic E-state index is -0.706. The lowest BCUT2D eigenvalue weighted by molar-refractivity contribution is -0.384. The van der Waals surface area contributed by atoms with E-state index in [2.05, 4.69) is 0 Å². The zero-order chi connectivity index (χ0) is 12.5. The Morgan fingerprint density at radius 2 is 1.81 bits per heavy atom. The Bertz CT molecular complexity index is 438. The number of non-ortho nitro benzene ring substituents is 1. The molecule has 0 saturated carbocycles. The van der Waals surface area contributed by atoms with Crippen LogP contribution in [0.25, 0.3) is 0 Å². The monoisotopic (exact) mass is 281 g/mol. The summed E-state index contributed by atoms with van der Waals surface area (Å²) < 4.78 is 0. The smallest absolute Gasteiger partial charge is 0.272 e. The molecule has 4 nitrogen and oxygen atoms in total. The number of rotatable bonds is 3. The molecule has 1 unspecified atom stereocenters. The summed E-state index contributed by atoms with van der Waals surface area (Å²) in [5, 5.41) is 10.0. The van der Waals surface area contributed by atoms with Crippen LogP contribution in [0.5, 0.6) is 0 Å². The predicted molar refractivity (Wildman–Crippen MR) is 62.4 cm³/mol. The van der Waals surface area contributed by atoms with E-state index >= 15 is 0 Å². The SMILES string of the molecule is CC(C(=O)Cl)c1c(Cl)cc([N+](=O)[O-])cc1Cl. The first-order valence-corrected chi connectivity index (χ1v) is 5.30. The minimum Gasteiger partial charge on any atom is -0.281 e. The lowest BCUT2D eigenvalue weighted by Gasteiger charge is -2.10. The lowest BCUT2D eigenvalue weighted by atomic mass is 10.0. The molecule has 0 aliphatic carbocycles. The van der Waals surface area contributed by atoms with E-state index in [9.17, 15) is 14.9 Å². The summed E-state index contributed by atoms with van der Waals surface area (Å²) in [6, 6.07) is 2.28. The summed E-state index contributed by atoms with van der Waals surface area (Å²) in [7, 11) is 0. The van der Waals surface area contributed by atoms with Crippen molar-refractivity contribution in [3.8, 4) is 0 Å². The molecule has 0 amide bonds. The van der Waals surface area contributed by atoms with E-state index < -0.39 is 16.1 Å².